The highest BCUT2D eigenvalue weighted by Gasteiger charge is 2.37. The molecule has 1 atom stereocenters. The second kappa shape index (κ2) is 8.37. The van der Waals surface area contributed by atoms with Gasteiger partial charge in [-0.2, -0.15) is 0 Å². The largest absolute Gasteiger partial charge is 0.455 e. The summed E-state index contributed by atoms with van der Waals surface area (Å²) in [5.41, 5.74) is 5.39. The number of rotatable bonds is 5. The zero-order valence-electron chi connectivity index (χ0n) is 15.3. The van der Waals surface area contributed by atoms with Crippen molar-refractivity contribution in [2.75, 3.05) is 31.1 Å². The maximum atomic E-state index is 13.9. The first-order valence-corrected chi connectivity index (χ1v) is 9.15. The number of piperidine rings is 1. The normalized spacial score (nSPS) is 20.3. The van der Waals surface area contributed by atoms with Crippen molar-refractivity contribution < 1.29 is 28.3 Å². The molecule has 2 saturated heterocycles. The first kappa shape index (κ1) is 19.8. The van der Waals surface area contributed by atoms with Gasteiger partial charge in [0.05, 0.1) is 11.6 Å². The van der Waals surface area contributed by atoms with Crippen LogP contribution < -0.4 is 10.6 Å². The number of ether oxygens (including phenoxy) is 1. The monoisotopic (exact) mass is 391 g/mol. The van der Waals surface area contributed by atoms with E-state index >= 15 is 0 Å². The molecule has 3 rings (SSSR count). The van der Waals surface area contributed by atoms with Crippen molar-refractivity contribution in [3.63, 3.8) is 0 Å². The van der Waals surface area contributed by atoms with Crippen LogP contribution in [0.4, 0.5) is 10.1 Å². The quantitative estimate of drug-likeness (QED) is 0.733. The van der Waals surface area contributed by atoms with Crippen LogP contribution in [0.25, 0.3) is 0 Å². The molecule has 0 bridgehead atoms. The molecule has 0 saturated carbocycles. The SMILES string of the molecule is NC(=O)C1CCN(C(=O)COC(=O)[C@@H]2CC(=O)N(c3ccccc3F)C2)CC1. The molecule has 0 unspecified atom stereocenters. The lowest BCUT2D eigenvalue weighted by Crippen LogP contribution is -2.43. The van der Waals surface area contributed by atoms with Gasteiger partial charge in [-0.25, -0.2) is 4.39 Å². The summed E-state index contributed by atoms with van der Waals surface area (Å²) < 4.78 is 19.0. The van der Waals surface area contributed by atoms with E-state index in [1.807, 2.05) is 0 Å². The number of esters is 1. The number of benzene rings is 1. The number of halogens is 1. The number of primary amides is 1. The summed E-state index contributed by atoms with van der Waals surface area (Å²) in [5.74, 6) is -3.28. The Labute approximate surface area is 161 Å². The fourth-order valence-electron chi connectivity index (χ4n) is 3.52. The predicted octanol–water partition coefficient (Wildman–Crippen LogP) is 0.446. The van der Waals surface area contributed by atoms with Crippen molar-refractivity contribution in [2.24, 2.45) is 17.6 Å². The van der Waals surface area contributed by atoms with E-state index in [0.29, 0.717) is 25.9 Å². The Hall–Kier alpha value is -2.97. The Morgan fingerprint density at radius 3 is 2.46 bits per heavy atom. The van der Waals surface area contributed by atoms with Gasteiger partial charge in [-0.15, -0.1) is 0 Å². The molecule has 1 aromatic rings. The third kappa shape index (κ3) is 4.29. The van der Waals surface area contributed by atoms with Crippen LogP contribution in [0.2, 0.25) is 0 Å². The van der Waals surface area contributed by atoms with Crippen LogP contribution in [0.5, 0.6) is 0 Å². The van der Waals surface area contributed by atoms with E-state index in [2.05, 4.69) is 0 Å². The minimum Gasteiger partial charge on any atom is -0.455 e. The topological polar surface area (TPSA) is 110 Å². The van der Waals surface area contributed by atoms with Gasteiger partial charge in [0.25, 0.3) is 5.91 Å². The van der Waals surface area contributed by atoms with Gasteiger partial charge in [-0.1, -0.05) is 12.1 Å². The van der Waals surface area contributed by atoms with Crippen molar-refractivity contribution in [1.29, 1.82) is 0 Å². The molecular weight excluding hydrogens is 369 g/mol. The van der Waals surface area contributed by atoms with Gasteiger partial charge in [0, 0.05) is 32.0 Å². The first-order valence-electron chi connectivity index (χ1n) is 9.15. The number of hydrogen-bond donors (Lipinski definition) is 1. The molecule has 3 amide bonds. The number of hydrogen-bond acceptors (Lipinski definition) is 5. The number of anilines is 1. The van der Waals surface area contributed by atoms with Crippen LogP contribution in [-0.4, -0.2) is 54.8 Å². The van der Waals surface area contributed by atoms with Crippen LogP contribution in [-0.2, 0) is 23.9 Å². The maximum Gasteiger partial charge on any atom is 0.311 e. The van der Waals surface area contributed by atoms with Crippen LogP contribution in [0, 0.1) is 17.7 Å². The second-order valence-corrected chi connectivity index (χ2v) is 7.02. The van der Waals surface area contributed by atoms with Crippen molar-refractivity contribution in [1.82, 2.24) is 4.90 Å². The van der Waals surface area contributed by atoms with E-state index in [0.717, 1.165) is 0 Å². The van der Waals surface area contributed by atoms with Gasteiger partial charge in [-0.05, 0) is 25.0 Å². The van der Waals surface area contributed by atoms with Crippen LogP contribution in [0.1, 0.15) is 19.3 Å². The number of amides is 3. The summed E-state index contributed by atoms with van der Waals surface area (Å²) in [5, 5.41) is 0. The van der Waals surface area contributed by atoms with Gasteiger partial charge >= 0.3 is 5.97 Å². The molecule has 0 aliphatic carbocycles. The molecule has 0 radical (unpaired) electrons. The van der Waals surface area contributed by atoms with Crippen LogP contribution >= 0.6 is 0 Å². The molecule has 8 nitrogen and oxygen atoms in total. The summed E-state index contributed by atoms with van der Waals surface area (Å²) >= 11 is 0. The summed E-state index contributed by atoms with van der Waals surface area (Å²) in [7, 11) is 0. The highest BCUT2D eigenvalue weighted by atomic mass is 19.1. The van der Waals surface area contributed by atoms with Gasteiger partial charge in [-0.3, -0.25) is 19.2 Å². The fraction of sp³-hybridized carbons (Fsp3) is 0.474. The second-order valence-electron chi connectivity index (χ2n) is 7.02. The van der Waals surface area contributed by atoms with Crippen molar-refractivity contribution in [3.8, 4) is 0 Å². The molecule has 2 aliphatic heterocycles. The molecule has 0 spiro atoms. The standard InChI is InChI=1S/C19H22FN3O5/c20-14-3-1-2-4-15(14)23-10-13(9-16(23)24)19(27)28-11-17(25)22-7-5-12(6-8-22)18(21)26/h1-4,12-13H,5-11H2,(H2,21,26)/t13-/m1/s1. The average Bonchev–Trinajstić information content (AvgIpc) is 3.08. The number of carbonyl (C=O) groups is 4. The summed E-state index contributed by atoms with van der Waals surface area (Å²) in [6.45, 7) is 0.348. The molecule has 9 heteroatoms. The summed E-state index contributed by atoms with van der Waals surface area (Å²) in [4.78, 5) is 50.5. The Kier molecular flexibility index (Phi) is 5.91. The zero-order valence-corrected chi connectivity index (χ0v) is 15.3. The van der Waals surface area contributed by atoms with E-state index in [4.69, 9.17) is 10.5 Å². The van der Waals surface area contributed by atoms with Gasteiger partial charge in [0.15, 0.2) is 6.61 Å². The Balaban J connectivity index is 1.49. The Bertz CT molecular complexity index is 792. The zero-order chi connectivity index (χ0) is 20.3. The molecule has 2 heterocycles. The molecule has 0 aromatic heterocycles. The van der Waals surface area contributed by atoms with Crippen molar-refractivity contribution >= 4 is 29.4 Å². The lowest BCUT2D eigenvalue weighted by atomic mass is 9.96. The predicted molar refractivity (Wildman–Crippen MR) is 96.3 cm³/mol. The maximum absolute atomic E-state index is 13.9. The summed E-state index contributed by atoms with van der Waals surface area (Å²) in [6, 6.07) is 5.84. The molecule has 1 aromatic carbocycles. The van der Waals surface area contributed by atoms with E-state index in [1.54, 1.807) is 6.07 Å². The number of nitrogens with zero attached hydrogens (tertiary/aromatic N) is 2. The number of nitrogens with two attached hydrogens (primary N) is 1. The van der Waals surface area contributed by atoms with Gasteiger partial charge < -0.3 is 20.3 Å². The van der Waals surface area contributed by atoms with E-state index < -0.39 is 24.3 Å². The molecule has 150 valence electrons. The van der Waals surface area contributed by atoms with Crippen molar-refractivity contribution in [2.45, 2.75) is 19.3 Å². The Morgan fingerprint density at radius 1 is 1.14 bits per heavy atom. The summed E-state index contributed by atoms with van der Waals surface area (Å²) in [6.07, 6.45) is 0.888. The third-order valence-corrected chi connectivity index (χ3v) is 5.19. The van der Waals surface area contributed by atoms with Crippen LogP contribution in [0.15, 0.2) is 24.3 Å². The fourth-order valence-corrected chi connectivity index (χ4v) is 3.52. The first-order chi connectivity index (χ1) is 13.4. The van der Waals surface area contributed by atoms with Crippen molar-refractivity contribution in [3.05, 3.63) is 30.1 Å². The molecular formula is C19H22FN3O5. The highest BCUT2D eigenvalue weighted by Crippen LogP contribution is 2.28. The lowest BCUT2D eigenvalue weighted by molar-refractivity contribution is -0.155. The van der Waals surface area contributed by atoms with E-state index in [1.165, 1.54) is 28.0 Å². The van der Waals surface area contributed by atoms with Gasteiger partial charge in [0.2, 0.25) is 11.8 Å². The lowest BCUT2D eigenvalue weighted by Gasteiger charge is -2.30. The number of para-hydroxylation sites is 1. The minimum absolute atomic E-state index is 0.0107. The average molecular weight is 391 g/mol. The molecule has 2 N–H and O–H groups in total. The smallest absolute Gasteiger partial charge is 0.311 e. The molecule has 2 fully saturated rings. The third-order valence-electron chi connectivity index (χ3n) is 5.19. The van der Waals surface area contributed by atoms with Gasteiger partial charge in [0.1, 0.15) is 5.82 Å². The Morgan fingerprint density at radius 2 is 1.82 bits per heavy atom. The number of likely N-dealkylation sites (tertiary alicyclic amines) is 1. The van der Waals surface area contributed by atoms with Crippen LogP contribution in [0.3, 0.4) is 0 Å². The highest BCUT2D eigenvalue weighted by molar-refractivity contribution is 5.99. The van der Waals surface area contributed by atoms with E-state index in [-0.39, 0.29) is 42.3 Å². The van der Waals surface area contributed by atoms with E-state index in [9.17, 15) is 23.6 Å². The number of carbonyl (C=O) groups excluding carboxylic acids is 4. The molecule has 2 aliphatic rings. The minimum atomic E-state index is -0.750. The molecule has 28 heavy (non-hydrogen) atoms.